The lowest BCUT2D eigenvalue weighted by molar-refractivity contribution is -0.224. The van der Waals surface area contributed by atoms with Crippen molar-refractivity contribution < 1.29 is 28.6 Å². The first-order chi connectivity index (χ1) is 27.4. The molecule has 8 heteroatoms. The summed E-state index contributed by atoms with van der Waals surface area (Å²) in [5.41, 5.74) is 3.67. The molecule has 4 saturated carbocycles. The van der Waals surface area contributed by atoms with Crippen LogP contribution in [0.25, 0.3) is 10.9 Å². The summed E-state index contributed by atoms with van der Waals surface area (Å²) in [6, 6.07) is 12.3. The maximum atomic E-state index is 14.3. The van der Waals surface area contributed by atoms with Crippen molar-refractivity contribution in [1.82, 2.24) is 4.57 Å². The number of allylic oxidation sites excluding steroid dienone is 2. The predicted octanol–water partition coefficient (Wildman–Crippen LogP) is 11.6. The van der Waals surface area contributed by atoms with Crippen LogP contribution >= 0.6 is 11.6 Å². The third-order valence-electron chi connectivity index (χ3n) is 18.1. The van der Waals surface area contributed by atoms with Gasteiger partial charge in [0.1, 0.15) is 17.3 Å². The molecule has 0 aliphatic heterocycles. The number of carbonyl (C=O) groups is 3. The van der Waals surface area contributed by atoms with E-state index in [0.717, 1.165) is 37.0 Å². The number of benzene rings is 2. The minimum absolute atomic E-state index is 0.0111. The quantitative estimate of drug-likeness (QED) is 0.182. The van der Waals surface area contributed by atoms with Crippen LogP contribution in [0.5, 0.6) is 5.75 Å². The van der Waals surface area contributed by atoms with Crippen LogP contribution in [-0.2, 0) is 25.5 Å². The number of hydrogen-bond acceptors (Lipinski definition) is 6. The summed E-state index contributed by atoms with van der Waals surface area (Å²) in [7, 11) is 3.07. The Balaban J connectivity index is 1.10. The van der Waals surface area contributed by atoms with Gasteiger partial charge in [-0.3, -0.25) is 19.0 Å². The van der Waals surface area contributed by atoms with Crippen molar-refractivity contribution in [2.45, 2.75) is 126 Å². The highest BCUT2D eigenvalue weighted by Gasteiger charge is 2.70. The molecular weight excluding hydrogens is 746 g/mol. The van der Waals surface area contributed by atoms with E-state index in [0.29, 0.717) is 62.7 Å². The number of methoxy groups -OCH3 is 2. The first kappa shape index (κ1) is 41.2. The molecular formula is C50H64ClNO6. The number of ether oxygens (including phenoxy) is 3. The molecule has 3 aromatic rings. The number of halogens is 1. The Hall–Kier alpha value is -3.58. The van der Waals surface area contributed by atoms with Crippen molar-refractivity contribution in [3.63, 3.8) is 0 Å². The van der Waals surface area contributed by atoms with Gasteiger partial charge in [0.25, 0.3) is 5.91 Å². The predicted molar refractivity (Wildman–Crippen MR) is 229 cm³/mol. The van der Waals surface area contributed by atoms with Crippen LogP contribution in [0, 0.1) is 63.6 Å². The minimum atomic E-state index is -1.01. The number of nitrogens with zero attached hydrogens (tertiary/aromatic N) is 1. The summed E-state index contributed by atoms with van der Waals surface area (Å²) in [5, 5.41) is 1.29. The molecule has 58 heavy (non-hydrogen) atoms. The van der Waals surface area contributed by atoms with Gasteiger partial charge in [-0.15, -0.1) is 0 Å². The van der Waals surface area contributed by atoms with Crippen LogP contribution in [0.4, 0.5) is 0 Å². The Morgan fingerprint density at radius 3 is 2.28 bits per heavy atom. The van der Waals surface area contributed by atoms with Gasteiger partial charge in [0.05, 0.1) is 26.2 Å². The van der Waals surface area contributed by atoms with Gasteiger partial charge in [-0.1, -0.05) is 64.8 Å². The summed E-state index contributed by atoms with van der Waals surface area (Å²) >= 11 is 6.14. The molecule has 1 aromatic heterocycles. The highest BCUT2D eigenvalue weighted by Crippen LogP contribution is 2.76. The highest BCUT2D eigenvalue weighted by atomic mass is 35.5. The molecule has 312 valence electrons. The molecule has 5 aliphatic rings. The normalized spacial score (nSPS) is 38.0. The van der Waals surface area contributed by atoms with E-state index in [2.05, 4.69) is 47.6 Å². The number of fused-ring (bicyclic) bond motifs is 8. The number of hydrogen-bond donors (Lipinski definition) is 0. The van der Waals surface area contributed by atoms with Crippen molar-refractivity contribution in [1.29, 1.82) is 0 Å². The second-order valence-electron chi connectivity index (χ2n) is 20.4. The van der Waals surface area contributed by atoms with E-state index in [1.165, 1.54) is 32.8 Å². The largest absolute Gasteiger partial charge is 0.497 e. The van der Waals surface area contributed by atoms with E-state index in [4.69, 9.17) is 25.8 Å². The van der Waals surface area contributed by atoms with E-state index in [-0.39, 0.29) is 40.5 Å². The van der Waals surface area contributed by atoms with E-state index < -0.39 is 17.5 Å². The van der Waals surface area contributed by atoms with Crippen molar-refractivity contribution in [3.05, 3.63) is 76.0 Å². The molecule has 8 rings (SSSR count). The Bertz CT molecular complexity index is 2190. The van der Waals surface area contributed by atoms with Gasteiger partial charge in [0.2, 0.25) is 0 Å². The molecule has 0 amide bonds. The number of carbonyl (C=O) groups excluding carboxylic acids is 3. The maximum Gasteiger partial charge on any atom is 0.315 e. The molecule has 0 radical (unpaired) electrons. The molecule has 0 bridgehead atoms. The third kappa shape index (κ3) is 5.81. The van der Waals surface area contributed by atoms with Gasteiger partial charge < -0.3 is 14.2 Å². The zero-order valence-electron chi connectivity index (χ0n) is 36.4. The minimum Gasteiger partial charge on any atom is -0.497 e. The van der Waals surface area contributed by atoms with Gasteiger partial charge in [-0.25, -0.2) is 0 Å². The summed E-state index contributed by atoms with van der Waals surface area (Å²) in [6.07, 6.45) is 11.6. The third-order valence-corrected chi connectivity index (χ3v) is 18.3. The van der Waals surface area contributed by atoms with E-state index in [1.54, 1.807) is 41.5 Å². The number of aromatic nitrogens is 1. The highest BCUT2D eigenvalue weighted by molar-refractivity contribution is 6.30. The Kier molecular flexibility index (Phi) is 10.1. The van der Waals surface area contributed by atoms with Crippen LogP contribution in [0.1, 0.15) is 128 Å². The first-order valence-electron chi connectivity index (χ1n) is 21.8. The molecule has 1 heterocycles. The second kappa shape index (κ2) is 14.3. The molecule has 0 saturated heterocycles. The number of rotatable bonds is 6. The second-order valence-corrected chi connectivity index (χ2v) is 20.8. The average molecular weight is 811 g/mol. The van der Waals surface area contributed by atoms with Crippen LogP contribution in [0.15, 0.2) is 54.1 Å². The first-order valence-corrected chi connectivity index (χ1v) is 22.2. The summed E-state index contributed by atoms with van der Waals surface area (Å²) < 4.78 is 19.4. The zero-order valence-corrected chi connectivity index (χ0v) is 37.2. The Labute approximate surface area is 350 Å². The van der Waals surface area contributed by atoms with Crippen LogP contribution in [0.2, 0.25) is 5.02 Å². The molecule has 0 N–H and O–H groups in total. The van der Waals surface area contributed by atoms with Crippen LogP contribution in [0.3, 0.4) is 0 Å². The van der Waals surface area contributed by atoms with Crippen molar-refractivity contribution in [2.24, 2.45) is 56.7 Å². The molecule has 2 aromatic carbocycles. The van der Waals surface area contributed by atoms with Crippen molar-refractivity contribution in [3.8, 4) is 5.75 Å². The standard InChI is InChI=1S/C50H64ClNO6/c1-29-19-22-46(4)25-26-48(6)37(43(46)30(29)2)16-18-39-47(5)23-21-41(50(8,45(55)57-10)40(47)20-24-49(39,48)7)58-42(53)28-35-31(3)52(38-17-15-34(56-9)27-36(35)38)44(54)32-11-13-33(51)14-12-32/h11-17,27,29-30,39-41,43H,18-26,28H2,1-10H3/t29-,30+,39-,40-,41-,43+,46-,47-,48-,49-,50-/m1/s1. The van der Waals surface area contributed by atoms with Gasteiger partial charge >= 0.3 is 11.9 Å². The molecule has 7 nitrogen and oxygen atoms in total. The molecule has 0 unspecified atom stereocenters. The summed E-state index contributed by atoms with van der Waals surface area (Å²) in [5.74, 6) is 2.11. The van der Waals surface area contributed by atoms with E-state index >= 15 is 0 Å². The molecule has 11 atom stereocenters. The lowest BCUT2D eigenvalue weighted by atomic mass is 9.33. The fourth-order valence-electron chi connectivity index (χ4n) is 14.3. The maximum absolute atomic E-state index is 14.3. The van der Waals surface area contributed by atoms with Gasteiger partial charge in [-0.05, 0) is 171 Å². The average Bonchev–Trinajstić information content (AvgIpc) is 3.46. The fraction of sp³-hybridized carbons (Fsp3) is 0.620. The number of esters is 2. The fourth-order valence-corrected chi connectivity index (χ4v) is 14.5. The SMILES string of the molecule is COC(=O)[C@]1(C)[C@@H]2CC[C@]3(C)[C@H](CC=C4[C@@H]5[C@@H](C)[C@H](C)CC[C@]5(C)CC[C@]43C)[C@@]2(C)CC[C@H]1OC(=O)Cc1c(C)n(C(=O)c2ccc(Cl)cc2)c2ccc(OC)cc12. The summed E-state index contributed by atoms with van der Waals surface area (Å²) in [4.78, 5) is 42.5. The van der Waals surface area contributed by atoms with E-state index in [1.807, 2.05) is 32.0 Å². The molecule has 0 spiro atoms. The monoisotopic (exact) mass is 809 g/mol. The lowest BCUT2D eigenvalue weighted by Gasteiger charge is -2.71. The van der Waals surface area contributed by atoms with E-state index in [9.17, 15) is 14.4 Å². The smallest absolute Gasteiger partial charge is 0.315 e. The Morgan fingerprint density at radius 2 is 1.59 bits per heavy atom. The lowest BCUT2D eigenvalue weighted by Crippen LogP contribution is -2.66. The van der Waals surface area contributed by atoms with Crippen LogP contribution < -0.4 is 4.74 Å². The topological polar surface area (TPSA) is 83.8 Å². The zero-order chi connectivity index (χ0) is 41.7. The van der Waals surface area contributed by atoms with Crippen molar-refractivity contribution in [2.75, 3.05) is 14.2 Å². The van der Waals surface area contributed by atoms with Crippen LogP contribution in [-0.4, -0.2) is 42.7 Å². The summed E-state index contributed by atoms with van der Waals surface area (Å²) in [6.45, 7) is 19.1. The van der Waals surface area contributed by atoms with Crippen molar-refractivity contribution >= 4 is 40.3 Å². The van der Waals surface area contributed by atoms with Gasteiger partial charge in [-0.2, -0.15) is 0 Å². The van der Waals surface area contributed by atoms with Gasteiger partial charge in [0.15, 0.2) is 0 Å². The Morgan fingerprint density at radius 1 is 0.862 bits per heavy atom. The molecule has 4 fully saturated rings. The van der Waals surface area contributed by atoms with Gasteiger partial charge in [0, 0.05) is 21.7 Å². The molecule has 5 aliphatic carbocycles.